The van der Waals surface area contributed by atoms with Gasteiger partial charge in [-0.1, -0.05) is 50.0 Å². The number of alkyl carbamates (subject to hydrolysis) is 1. The van der Waals surface area contributed by atoms with Gasteiger partial charge in [0.15, 0.2) is 5.88 Å². The molecule has 5 fully saturated rings. The normalized spacial score (nSPS) is 31.8. The van der Waals surface area contributed by atoms with Gasteiger partial charge in [-0.15, -0.1) is 6.58 Å². The van der Waals surface area contributed by atoms with Crippen LogP contribution in [0.4, 0.5) is 4.79 Å². The van der Waals surface area contributed by atoms with E-state index in [9.17, 15) is 32.4 Å². The fraction of sp³-hybridized carbons (Fsp3) is 0.615. The van der Waals surface area contributed by atoms with Crippen LogP contribution in [0, 0.1) is 17.8 Å². The van der Waals surface area contributed by atoms with Gasteiger partial charge in [0, 0.05) is 30.3 Å². The van der Waals surface area contributed by atoms with Crippen molar-refractivity contribution in [1.29, 1.82) is 0 Å². The number of carbonyl (C=O) groups excluding carboxylic acids is 4. The first kappa shape index (κ1) is 36.6. The number of pyridine rings is 1. The van der Waals surface area contributed by atoms with Crippen molar-refractivity contribution in [2.24, 2.45) is 17.8 Å². The van der Waals surface area contributed by atoms with Gasteiger partial charge in [-0.05, 0) is 74.7 Å². The first-order valence-electron chi connectivity index (χ1n) is 19.5. The average molecular weight is 764 g/mol. The summed E-state index contributed by atoms with van der Waals surface area (Å²) in [5, 5.41) is 6.34. The summed E-state index contributed by atoms with van der Waals surface area (Å²) < 4.78 is 41.7. The minimum Gasteiger partial charge on any atom is -0.473 e. The Morgan fingerprint density at radius 3 is 2.43 bits per heavy atom. The molecule has 3 N–H and O–H groups in total. The Kier molecular flexibility index (Phi) is 9.72. The molecule has 1 saturated heterocycles. The molecule has 4 aliphatic carbocycles. The summed E-state index contributed by atoms with van der Waals surface area (Å²) in [5.74, 6) is -2.04. The summed E-state index contributed by atoms with van der Waals surface area (Å²) >= 11 is 0. The maximum Gasteiger partial charge on any atom is 0.408 e. The van der Waals surface area contributed by atoms with Gasteiger partial charge in [0.2, 0.25) is 21.8 Å². The van der Waals surface area contributed by atoms with E-state index in [1.54, 1.807) is 10.6 Å². The minimum atomic E-state index is -3.90. The molecule has 8 rings (SSSR count). The first-order valence-corrected chi connectivity index (χ1v) is 21.1. The van der Waals surface area contributed by atoms with Crippen molar-refractivity contribution >= 4 is 44.6 Å². The second-order valence-electron chi connectivity index (χ2n) is 16.1. The summed E-state index contributed by atoms with van der Waals surface area (Å²) in [4.78, 5) is 71.2. The SMILES string of the molecule is C=C[C@H]1C[C@]1(NC(=O)[C@@H]1C[C@@H]2CN1C(=O)[C@H](C1CCCC1)NC(=O)O[C@H]1C[C@@H]1CCCCCn1c(cc3ccccc3c1=O)O2)C(=O)NS(=O)(=O)C1CC1. The smallest absolute Gasteiger partial charge is 0.408 e. The van der Waals surface area contributed by atoms with Crippen LogP contribution in [0.3, 0.4) is 0 Å². The van der Waals surface area contributed by atoms with Crippen LogP contribution in [0.5, 0.6) is 5.88 Å². The Morgan fingerprint density at radius 1 is 0.944 bits per heavy atom. The number of benzene rings is 1. The molecular formula is C39H49N5O9S. The maximum absolute atomic E-state index is 14.7. The molecule has 6 aliphatic rings. The van der Waals surface area contributed by atoms with Crippen LogP contribution in [0.15, 0.2) is 47.8 Å². The summed E-state index contributed by atoms with van der Waals surface area (Å²) in [6.07, 6.45) is 8.42. The molecule has 7 atom stereocenters. The number of rotatable bonds is 7. The lowest BCUT2D eigenvalue weighted by atomic mass is 9.96. The number of ether oxygens (including phenoxy) is 2. The molecule has 2 aromatic rings. The second kappa shape index (κ2) is 14.3. The van der Waals surface area contributed by atoms with E-state index < -0.39 is 68.7 Å². The van der Waals surface area contributed by atoms with Crippen LogP contribution in [-0.2, 0) is 35.7 Å². The second-order valence-corrected chi connectivity index (χ2v) is 18.1. The topological polar surface area (TPSA) is 182 Å². The number of nitrogens with zero attached hydrogens (tertiary/aromatic N) is 2. The fourth-order valence-corrected chi connectivity index (χ4v) is 10.2. The number of hydrogen-bond acceptors (Lipinski definition) is 9. The molecule has 0 spiro atoms. The number of nitrogens with one attached hydrogen (secondary N) is 3. The van der Waals surface area contributed by atoms with Crippen LogP contribution in [-0.4, -0.2) is 83.3 Å². The van der Waals surface area contributed by atoms with E-state index >= 15 is 0 Å². The van der Waals surface area contributed by atoms with Crippen molar-refractivity contribution in [2.45, 2.75) is 125 Å². The van der Waals surface area contributed by atoms with E-state index in [4.69, 9.17) is 9.47 Å². The highest BCUT2D eigenvalue weighted by atomic mass is 32.2. The molecule has 15 heteroatoms. The van der Waals surface area contributed by atoms with Gasteiger partial charge in [0.05, 0.1) is 11.8 Å². The molecule has 2 aliphatic heterocycles. The Morgan fingerprint density at radius 2 is 1.69 bits per heavy atom. The zero-order valence-corrected chi connectivity index (χ0v) is 31.2. The summed E-state index contributed by atoms with van der Waals surface area (Å²) in [5.41, 5.74) is -1.73. The maximum atomic E-state index is 14.7. The highest BCUT2D eigenvalue weighted by Crippen LogP contribution is 2.46. The Hall–Kier alpha value is -4.40. The Labute approximate surface area is 314 Å². The van der Waals surface area contributed by atoms with Crippen molar-refractivity contribution < 1.29 is 37.1 Å². The first-order chi connectivity index (χ1) is 26.0. The molecule has 290 valence electrons. The van der Waals surface area contributed by atoms with Crippen LogP contribution in [0.1, 0.15) is 83.5 Å². The van der Waals surface area contributed by atoms with E-state index in [1.165, 1.54) is 11.0 Å². The van der Waals surface area contributed by atoms with Crippen molar-refractivity contribution in [3.8, 4) is 5.88 Å². The Bertz CT molecular complexity index is 2020. The molecule has 2 bridgehead atoms. The van der Waals surface area contributed by atoms with Crippen molar-refractivity contribution in [2.75, 3.05) is 6.54 Å². The monoisotopic (exact) mass is 763 g/mol. The van der Waals surface area contributed by atoms with Gasteiger partial charge >= 0.3 is 6.09 Å². The van der Waals surface area contributed by atoms with E-state index in [0.717, 1.165) is 57.8 Å². The lowest BCUT2D eigenvalue weighted by molar-refractivity contribution is -0.142. The molecule has 3 heterocycles. The van der Waals surface area contributed by atoms with Gasteiger partial charge in [0.1, 0.15) is 29.8 Å². The van der Waals surface area contributed by atoms with Crippen LogP contribution >= 0.6 is 0 Å². The van der Waals surface area contributed by atoms with Crippen LogP contribution in [0.25, 0.3) is 10.8 Å². The molecule has 54 heavy (non-hydrogen) atoms. The van der Waals surface area contributed by atoms with E-state index in [0.29, 0.717) is 36.0 Å². The molecule has 4 amide bonds. The fourth-order valence-electron chi connectivity index (χ4n) is 8.82. The van der Waals surface area contributed by atoms with Crippen molar-refractivity contribution in [3.05, 3.63) is 53.3 Å². The average Bonchev–Trinajstić information content (AvgIpc) is 4.11. The van der Waals surface area contributed by atoms with Gasteiger partial charge in [0.25, 0.3) is 11.5 Å². The van der Waals surface area contributed by atoms with Crippen LogP contribution < -0.4 is 25.7 Å². The summed E-state index contributed by atoms with van der Waals surface area (Å²) in [6.45, 7) is 4.18. The largest absolute Gasteiger partial charge is 0.473 e. The number of fused-ring (bicyclic) bond motifs is 5. The number of amides is 4. The van der Waals surface area contributed by atoms with Gasteiger partial charge < -0.3 is 25.0 Å². The molecule has 1 aromatic heterocycles. The minimum absolute atomic E-state index is 0.0251. The standard InChI is InChI=1S/C39H49N5O9S/c1-2-26-21-39(26,37(48)42-54(50,51)28-15-16-28)41-34(45)30-20-27-22-44(30)36(47)33(23-10-5-6-11-23)40-38(49)53-31-18-25(31)13-4-3-9-17-43-32(52-27)19-24-12-7-8-14-29(24)35(43)46/h2,7-8,12,14,19,23,25-28,30-31,33H,1,3-6,9-11,13,15-18,20-22H2,(H,40,49)(H,41,45)(H,42,48)/t25-,26-,27+,30-,31-,33-,39+/m0/s1. The number of sulfonamides is 1. The molecular weight excluding hydrogens is 715 g/mol. The van der Waals surface area contributed by atoms with E-state index in [1.807, 2.05) is 24.3 Å². The van der Waals surface area contributed by atoms with E-state index in [2.05, 4.69) is 21.9 Å². The number of carbonyl (C=O) groups is 4. The predicted molar refractivity (Wildman–Crippen MR) is 198 cm³/mol. The quantitative estimate of drug-likeness (QED) is 0.357. The predicted octanol–water partition coefficient (Wildman–Crippen LogP) is 3.27. The highest BCUT2D eigenvalue weighted by molar-refractivity contribution is 7.91. The lowest BCUT2D eigenvalue weighted by Gasteiger charge is -2.32. The molecule has 1 aromatic carbocycles. The van der Waals surface area contributed by atoms with Gasteiger partial charge in [-0.25, -0.2) is 13.2 Å². The number of hydrogen-bond donors (Lipinski definition) is 3. The third-order valence-electron chi connectivity index (χ3n) is 12.3. The van der Waals surface area contributed by atoms with Crippen LogP contribution in [0.2, 0.25) is 0 Å². The number of aromatic nitrogens is 1. The third-order valence-corrected chi connectivity index (χ3v) is 14.2. The van der Waals surface area contributed by atoms with Crippen molar-refractivity contribution in [3.63, 3.8) is 0 Å². The zero-order chi connectivity index (χ0) is 37.8. The third kappa shape index (κ3) is 7.23. The van der Waals surface area contributed by atoms with Crippen molar-refractivity contribution in [1.82, 2.24) is 24.8 Å². The molecule has 14 nitrogen and oxygen atoms in total. The molecule has 0 radical (unpaired) electrons. The molecule has 0 unspecified atom stereocenters. The van der Waals surface area contributed by atoms with Gasteiger partial charge in [-0.2, -0.15) is 0 Å². The summed E-state index contributed by atoms with van der Waals surface area (Å²) in [6, 6.07) is 7.03. The molecule has 4 saturated carbocycles. The lowest BCUT2D eigenvalue weighted by Crippen LogP contribution is -2.59. The Balaban J connectivity index is 1.12. The van der Waals surface area contributed by atoms with Gasteiger partial charge in [-0.3, -0.25) is 28.5 Å². The highest BCUT2D eigenvalue weighted by Gasteiger charge is 2.62. The van der Waals surface area contributed by atoms with E-state index in [-0.39, 0.29) is 42.9 Å². The zero-order valence-electron chi connectivity index (χ0n) is 30.4. The summed E-state index contributed by atoms with van der Waals surface area (Å²) in [7, 11) is -3.90.